The van der Waals surface area contributed by atoms with Crippen LogP contribution in [0.5, 0.6) is 0 Å². The molecular weight excluding hydrogens is 486 g/mol. The number of aryl methyl sites for hydroxylation is 1. The first-order valence-corrected chi connectivity index (χ1v) is 12.7. The molecule has 1 aliphatic rings. The number of Topliss-reactive ketones (excluding diaryl/α,β-unsaturated/α-hetero) is 1. The smallest absolute Gasteiger partial charge is 0.248 e. The monoisotopic (exact) mass is 514 g/mol. The van der Waals surface area contributed by atoms with Gasteiger partial charge in [-0.3, -0.25) is 14.6 Å². The molecule has 1 aliphatic carbocycles. The summed E-state index contributed by atoms with van der Waals surface area (Å²) in [5.74, 6) is -2.39. The maximum absolute atomic E-state index is 14.0. The zero-order valence-corrected chi connectivity index (χ0v) is 20.9. The van der Waals surface area contributed by atoms with E-state index in [2.05, 4.69) is 9.97 Å². The molecule has 2 aromatic carbocycles. The zero-order chi connectivity index (χ0) is 26.6. The molecule has 0 fully saturated rings. The number of ketones is 1. The molecule has 38 heavy (non-hydrogen) atoms. The Labute approximate surface area is 219 Å². The van der Waals surface area contributed by atoms with Crippen LogP contribution in [0.25, 0.3) is 11.1 Å². The molecule has 0 radical (unpaired) electrons. The number of primary amides is 1. The first-order chi connectivity index (χ1) is 18.4. The van der Waals surface area contributed by atoms with Crippen molar-refractivity contribution in [1.29, 1.82) is 0 Å². The minimum absolute atomic E-state index is 0.0276. The standard InChI is InChI=1S/C30H28F2N4O2/c31-23-12-19(13-24(32)16-23)11-22(15-25(37)17-36-18-35-27-8-1-2-9-28(27)36)29-26(7-4-10-34-29)20-5-3-6-21(14-20)30(33)38/h3-7,10,12-14,16,18,22H,1-2,8-9,11,15,17H2,(H2,33,38)/t22-/m1/s1. The van der Waals surface area contributed by atoms with Gasteiger partial charge in [0.2, 0.25) is 5.91 Å². The minimum Gasteiger partial charge on any atom is -0.366 e. The Hall–Kier alpha value is -4.20. The van der Waals surface area contributed by atoms with Gasteiger partial charge in [0.15, 0.2) is 5.78 Å². The van der Waals surface area contributed by atoms with Crippen LogP contribution in [-0.4, -0.2) is 26.2 Å². The van der Waals surface area contributed by atoms with Gasteiger partial charge >= 0.3 is 0 Å². The molecule has 4 aromatic rings. The van der Waals surface area contributed by atoms with Gasteiger partial charge in [0.25, 0.3) is 0 Å². The SMILES string of the molecule is NC(=O)c1cccc(-c2cccnc2[C@@H](CC(=O)Cn2cnc3c2CCCC3)Cc2cc(F)cc(F)c2)c1. The molecule has 0 saturated heterocycles. The second-order valence-electron chi connectivity index (χ2n) is 9.78. The summed E-state index contributed by atoms with van der Waals surface area (Å²) in [6.45, 7) is 0.176. The summed E-state index contributed by atoms with van der Waals surface area (Å²) in [4.78, 5) is 34.3. The second kappa shape index (κ2) is 11.0. The number of imidazole rings is 1. The number of aromatic nitrogens is 3. The lowest BCUT2D eigenvalue weighted by Gasteiger charge is -2.20. The summed E-state index contributed by atoms with van der Waals surface area (Å²) < 4.78 is 30.0. The van der Waals surface area contributed by atoms with E-state index in [1.807, 2.05) is 16.7 Å². The normalized spacial score (nSPS) is 13.6. The van der Waals surface area contributed by atoms with Crippen molar-refractivity contribution in [2.75, 3.05) is 0 Å². The van der Waals surface area contributed by atoms with Crippen LogP contribution >= 0.6 is 0 Å². The lowest BCUT2D eigenvalue weighted by atomic mass is 9.86. The predicted molar refractivity (Wildman–Crippen MR) is 139 cm³/mol. The van der Waals surface area contributed by atoms with E-state index < -0.39 is 23.5 Å². The number of benzene rings is 2. The Morgan fingerprint density at radius 3 is 2.55 bits per heavy atom. The average Bonchev–Trinajstić information content (AvgIpc) is 3.30. The summed E-state index contributed by atoms with van der Waals surface area (Å²) in [5, 5.41) is 0. The van der Waals surface area contributed by atoms with Gasteiger partial charge in [-0.25, -0.2) is 13.8 Å². The molecule has 6 nitrogen and oxygen atoms in total. The number of amides is 1. The van der Waals surface area contributed by atoms with Gasteiger partial charge in [0.1, 0.15) is 11.6 Å². The van der Waals surface area contributed by atoms with E-state index in [1.165, 1.54) is 12.1 Å². The van der Waals surface area contributed by atoms with Crippen LogP contribution in [0.4, 0.5) is 8.78 Å². The maximum Gasteiger partial charge on any atom is 0.248 e. The number of fused-ring (bicyclic) bond motifs is 1. The summed E-state index contributed by atoms with van der Waals surface area (Å²) in [6.07, 6.45) is 7.68. The number of rotatable bonds is 9. The van der Waals surface area contributed by atoms with Crippen LogP contribution < -0.4 is 5.73 Å². The van der Waals surface area contributed by atoms with Crippen molar-refractivity contribution in [2.45, 2.75) is 51.0 Å². The van der Waals surface area contributed by atoms with Crippen molar-refractivity contribution >= 4 is 11.7 Å². The van der Waals surface area contributed by atoms with E-state index in [9.17, 15) is 18.4 Å². The van der Waals surface area contributed by atoms with E-state index >= 15 is 0 Å². The highest BCUT2D eigenvalue weighted by molar-refractivity contribution is 5.94. The number of hydrogen-bond donors (Lipinski definition) is 1. The fourth-order valence-electron chi connectivity index (χ4n) is 5.30. The first-order valence-electron chi connectivity index (χ1n) is 12.7. The summed E-state index contributed by atoms with van der Waals surface area (Å²) in [5.41, 5.74) is 10.5. The lowest BCUT2D eigenvalue weighted by molar-refractivity contribution is -0.120. The van der Waals surface area contributed by atoms with Gasteiger partial charge in [0.05, 0.1) is 24.3 Å². The van der Waals surface area contributed by atoms with Crippen molar-refractivity contribution in [2.24, 2.45) is 5.73 Å². The third-order valence-corrected chi connectivity index (χ3v) is 7.02. The molecular formula is C30H28F2N4O2. The van der Waals surface area contributed by atoms with Gasteiger partial charge < -0.3 is 10.3 Å². The number of carbonyl (C=O) groups is 2. The van der Waals surface area contributed by atoms with Crippen LogP contribution in [0, 0.1) is 11.6 Å². The van der Waals surface area contributed by atoms with Crippen molar-refractivity contribution in [1.82, 2.24) is 14.5 Å². The lowest BCUT2D eigenvalue weighted by Crippen LogP contribution is -2.18. The van der Waals surface area contributed by atoms with Gasteiger partial charge in [-0.15, -0.1) is 0 Å². The number of hydrogen-bond acceptors (Lipinski definition) is 4. The molecule has 2 aromatic heterocycles. The van der Waals surface area contributed by atoms with Crippen molar-refractivity contribution < 1.29 is 18.4 Å². The van der Waals surface area contributed by atoms with E-state index in [0.29, 0.717) is 16.8 Å². The summed E-state index contributed by atoms with van der Waals surface area (Å²) in [7, 11) is 0. The third-order valence-electron chi connectivity index (χ3n) is 7.02. The number of nitrogens with two attached hydrogens (primary N) is 1. The number of carbonyl (C=O) groups excluding carboxylic acids is 2. The predicted octanol–water partition coefficient (Wildman–Crippen LogP) is 5.19. The quantitative estimate of drug-likeness (QED) is 0.333. The van der Waals surface area contributed by atoms with E-state index in [-0.39, 0.29) is 25.2 Å². The molecule has 5 rings (SSSR count). The fraction of sp³-hybridized carbons (Fsp3) is 0.267. The van der Waals surface area contributed by atoms with Gasteiger partial charge in [-0.05, 0) is 73.6 Å². The van der Waals surface area contributed by atoms with Crippen LogP contribution in [0.2, 0.25) is 0 Å². The second-order valence-corrected chi connectivity index (χ2v) is 9.78. The average molecular weight is 515 g/mol. The van der Waals surface area contributed by atoms with Crippen LogP contribution in [-0.2, 0) is 30.6 Å². The summed E-state index contributed by atoms with van der Waals surface area (Å²) >= 11 is 0. The molecule has 0 aliphatic heterocycles. The minimum atomic E-state index is -0.675. The summed E-state index contributed by atoms with van der Waals surface area (Å²) in [6, 6.07) is 13.9. The molecule has 0 spiro atoms. The molecule has 194 valence electrons. The van der Waals surface area contributed by atoms with Gasteiger partial charge in [-0.2, -0.15) is 0 Å². The highest BCUT2D eigenvalue weighted by atomic mass is 19.1. The Morgan fingerprint density at radius 1 is 0.974 bits per heavy atom. The molecule has 0 unspecified atom stereocenters. The first kappa shape index (κ1) is 25.4. The van der Waals surface area contributed by atoms with E-state index in [0.717, 1.165) is 54.3 Å². The van der Waals surface area contributed by atoms with Crippen molar-refractivity contribution in [3.8, 4) is 11.1 Å². The Morgan fingerprint density at radius 2 is 1.76 bits per heavy atom. The Kier molecular flexibility index (Phi) is 7.40. The van der Waals surface area contributed by atoms with E-state index in [1.54, 1.807) is 36.8 Å². The van der Waals surface area contributed by atoms with Crippen molar-refractivity contribution in [3.63, 3.8) is 0 Å². The maximum atomic E-state index is 14.0. The Bertz CT molecular complexity index is 1480. The number of pyridine rings is 1. The van der Waals surface area contributed by atoms with E-state index in [4.69, 9.17) is 5.73 Å². The molecule has 2 N–H and O–H groups in total. The molecule has 2 heterocycles. The molecule has 8 heteroatoms. The number of nitrogens with zero attached hydrogens (tertiary/aromatic N) is 3. The molecule has 1 amide bonds. The highest BCUT2D eigenvalue weighted by Gasteiger charge is 2.24. The van der Waals surface area contributed by atoms with Crippen LogP contribution in [0.3, 0.4) is 0 Å². The molecule has 0 bridgehead atoms. The van der Waals surface area contributed by atoms with Crippen LogP contribution in [0.1, 0.15) is 58.2 Å². The zero-order valence-electron chi connectivity index (χ0n) is 20.9. The van der Waals surface area contributed by atoms with Crippen LogP contribution in [0.15, 0.2) is 67.1 Å². The topological polar surface area (TPSA) is 90.9 Å². The molecule has 0 saturated carbocycles. The van der Waals surface area contributed by atoms with Gasteiger partial charge in [0, 0.05) is 41.4 Å². The third kappa shape index (κ3) is 5.69. The largest absolute Gasteiger partial charge is 0.366 e. The Balaban J connectivity index is 1.49. The highest BCUT2D eigenvalue weighted by Crippen LogP contribution is 2.33. The fourth-order valence-corrected chi connectivity index (χ4v) is 5.30. The van der Waals surface area contributed by atoms with Crippen molar-refractivity contribution in [3.05, 3.63) is 107 Å². The van der Waals surface area contributed by atoms with Gasteiger partial charge in [-0.1, -0.05) is 18.2 Å². The number of halogens is 2. The molecule has 1 atom stereocenters.